The van der Waals surface area contributed by atoms with Gasteiger partial charge in [-0.25, -0.2) is 0 Å². The van der Waals surface area contributed by atoms with Crippen LogP contribution in [0.4, 0.5) is 5.69 Å². The van der Waals surface area contributed by atoms with Crippen molar-refractivity contribution in [3.8, 4) is 0 Å². The molecule has 1 amide bonds. The molecule has 1 N–H and O–H groups in total. The number of benzene rings is 2. The van der Waals surface area contributed by atoms with Crippen molar-refractivity contribution in [2.24, 2.45) is 5.41 Å². The highest BCUT2D eigenvalue weighted by Crippen LogP contribution is 2.36. The number of nitrogens with one attached hydrogen (secondary N) is 1. The number of fused-ring (bicyclic) bond motifs is 3. The van der Waals surface area contributed by atoms with E-state index in [4.69, 9.17) is 4.42 Å². The molecule has 0 aliphatic carbocycles. The molecule has 0 saturated heterocycles. The standard InChI is InChI=1S/C18H17NO3/c1-18(2,3)17(21)19-16-11(10-20)8-9-14-15(16)12-6-4-5-7-13(12)22-14/h4-10H,1-3H3,(H,19,21). The first-order valence-corrected chi connectivity index (χ1v) is 7.12. The third kappa shape index (κ3) is 2.26. The number of hydrogen-bond acceptors (Lipinski definition) is 3. The van der Waals surface area contributed by atoms with E-state index in [2.05, 4.69) is 5.32 Å². The van der Waals surface area contributed by atoms with Crippen molar-refractivity contribution in [3.05, 3.63) is 42.0 Å². The van der Waals surface area contributed by atoms with Crippen molar-refractivity contribution < 1.29 is 14.0 Å². The Bertz CT molecular complexity index is 884. The molecule has 22 heavy (non-hydrogen) atoms. The Balaban J connectivity index is 2.29. The highest BCUT2D eigenvalue weighted by Gasteiger charge is 2.24. The molecular weight excluding hydrogens is 278 g/mol. The minimum atomic E-state index is -0.554. The predicted octanol–water partition coefficient (Wildman–Crippen LogP) is 4.38. The van der Waals surface area contributed by atoms with Crippen LogP contribution in [-0.2, 0) is 4.79 Å². The number of para-hydroxylation sites is 1. The lowest BCUT2D eigenvalue weighted by molar-refractivity contribution is -0.123. The van der Waals surface area contributed by atoms with E-state index >= 15 is 0 Å². The van der Waals surface area contributed by atoms with Crippen molar-refractivity contribution in [1.82, 2.24) is 0 Å². The number of hydrogen-bond donors (Lipinski definition) is 1. The number of carbonyl (C=O) groups is 2. The van der Waals surface area contributed by atoms with Crippen LogP contribution in [0.5, 0.6) is 0 Å². The van der Waals surface area contributed by atoms with Crippen molar-refractivity contribution in [2.75, 3.05) is 5.32 Å². The Morgan fingerprint density at radius 3 is 2.50 bits per heavy atom. The molecule has 0 aliphatic rings. The average molecular weight is 295 g/mol. The van der Waals surface area contributed by atoms with Gasteiger partial charge in [-0.05, 0) is 18.2 Å². The Morgan fingerprint density at radius 1 is 1.09 bits per heavy atom. The van der Waals surface area contributed by atoms with Gasteiger partial charge in [-0.3, -0.25) is 9.59 Å². The molecule has 0 saturated carbocycles. The molecule has 1 heterocycles. The van der Waals surface area contributed by atoms with Gasteiger partial charge in [0.2, 0.25) is 5.91 Å². The second kappa shape index (κ2) is 4.98. The topological polar surface area (TPSA) is 59.3 Å². The molecule has 112 valence electrons. The van der Waals surface area contributed by atoms with Gasteiger partial charge in [-0.1, -0.05) is 39.0 Å². The average Bonchev–Trinajstić information content (AvgIpc) is 2.85. The molecule has 0 fully saturated rings. The molecule has 0 aliphatic heterocycles. The van der Waals surface area contributed by atoms with Gasteiger partial charge in [0.05, 0.1) is 11.1 Å². The summed E-state index contributed by atoms with van der Waals surface area (Å²) in [6.07, 6.45) is 0.749. The molecule has 0 bridgehead atoms. The van der Waals surface area contributed by atoms with Crippen LogP contribution in [0.15, 0.2) is 40.8 Å². The van der Waals surface area contributed by atoms with E-state index in [0.717, 1.165) is 22.6 Å². The van der Waals surface area contributed by atoms with Gasteiger partial charge in [0.1, 0.15) is 11.2 Å². The van der Waals surface area contributed by atoms with E-state index in [-0.39, 0.29) is 5.91 Å². The number of anilines is 1. The van der Waals surface area contributed by atoms with E-state index in [1.54, 1.807) is 12.1 Å². The van der Waals surface area contributed by atoms with Gasteiger partial charge in [0.25, 0.3) is 0 Å². The zero-order valence-electron chi connectivity index (χ0n) is 12.8. The summed E-state index contributed by atoms with van der Waals surface area (Å²) in [4.78, 5) is 23.7. The van der Waals surface area contributed by atoms with Gasteiger partial charge in [-0.15, -0.1) is 0 Å². The van der Waals surface area contributed by atoms with E-state index < -0.39 is 5.41 Å². The fourth-order valence-electron chi connectivity index (χ4n) is 2.37. The maximum absolute atomic E-state index is 12.3. The normalized spacial score (nSPS) is 11.8. The molecule has 0 spiro atoms. The largest absolute Gasteiger partial charge is 0.456 e. The van der Waals surface area contributed by atoms with Gasteiger partial charge in [0.15, 0.2) is 6.29 Å². The number of amides is 1. The van der Waals surface area contributed by atoms with Crippen LogP contribution in [0.1, 0.15) is 31.1 Å². The summed E-state index contributed by atoms with van der Waals surface area (Å²) in [5, 5.41) is 4.53. The Morgan fingerprint density at radius 2 is 1.82 bits per heavy atom. The molecule has 1 aromatic heterocycles. The van der Waals surface area contributed by atoms with Crippen LogP contribution in [0.2, 0.25) is 0 Å². The number of rotatable bonds is 2. The van der Waals surface area contributed by atoms with Crippen LogP contribution < -0.4 is 5.32 Å². The maximum Gasteiger partial charge on any atom is 0.229 e. The molecular formula is C18H17NO3. The van der Waals surface area contributed by atoms with E-state index in [1.165, 1.54) is 0 Å². The highest BCUT2D eigenvalue weighted by molar-refractivity contribution is 6.17. The molecule has 3 aromatic rings. The van der Waals surface area contributed by atoms with Crippen molar-refractivity contribution in [1.29, 1.82) is 0 Å². The van der Waals surface area contributed by atoms with Crippen LogP contribution >= 0.6 is 0 Å². The molecule has 2 aromatic carbocycles. The summed E-state index contributed by atoms with van der Waals surface area (Å²) in [7, 11) is 0. The highest BCUT2D eigenvalue weighted by atomic mass is 16.3. The first kappa shape index (κ1) is 14.3. The van der Waals surface area contributed by atoms with Gasteiger partial charge in [-0.2, -0.15) is 0 Å². The molecule has 0 radical (unpaired) electrons. The number of furan rings is 1. The quantitative estimate of drug-likeness (QED) is 0.713. The van der Waals surface area contributed by atoms with Crippen molar-refractivity contribution >= 4 is 39.8 Å². The Kier molecular flexibility index (Phi) is 3.24. The lowest BCUT2D eigenvalue weighted by Gasteiger charge is -2.19. The van der Waals surface area contributed by atoms with Gasteiger partial charge < -0.3 is 9.73 Å². The lowest BCUT2D eigenvalue weighted by atomic mass is 9.95. The molecule has 3 rings (SSSR count). The third-order valence-corrected chi connectivity index (χ3v) is 3.62. The fourth-order valence-corrected chi connectivity index (χ4v) is 2.37. The predicted molar refractivity (Wildman–Crippen MR) is 87.2 cm³/mol. The first-order chi connectivity index (χ1) is 10.4. The van der Waals surface area contributed by atoms with E-state index in [1.807, 2.05) is 45.0 Å². The van der Waals surface area contributed by atoms with Crippen molar-refractivity contribution in [2.45, 2.75) is 20.8 Å². The Labute approximate surface area is 128 Å². The molecule has 0 atom stereocenters. The minimum Gasteiger partial charge on any atom is -0.456 e. The van der Waals surface area contributed by atoms with E-state index in [9.17, 15) is 9.59 Å². The third-order valence-electron chi connectivity index (χ3n) is 3.62. The molecule has 4 nitrogen and oxygen atoms in total. The lowest BCUT2D eigenvalue weighted by Crippen LogP contribution is -2.28. The SMILES string of the molecule is CC(C)(C)C(=O)Nc1c(C=O)ccc2oc3ccccc3c12. The summed E-state index contributed by atoms with van der Waals surface area (Å²) in [6.45, 7) is 5.49. The smallest absolute Gasteiger partial charge is 0.229 e. The zero-order chi connectivity index (χ0) is 15.9. The number of carbonyl (C=O) groups excluding carboxylic acids is 2. The maximum atomic E-state index is 12.3. The van der Waals surface area contributed by atoms with E-state index in [0.29, 0.717) is 16.8 Å². The van der Waals surface area contributed by atoms with Crippen LogP contribution in [0, 0.1) is 5.41 Å². The van der Waals surface area contributed by atoms with Crippen molar-refractivity contribution in [3.63, 3.8) is 0 Å². The second-order valence-electron chi connectivity index (χ2n) is 6.32. The number of aldehydes is 1. The fraction of sp³-hybridized carbons (Fsp3) is 0.222. The monoisotopic (exact) mass is 295 g/mol. The summed E-state index contributed by atoms with van der Waals surface area (Å²) in [6, 6.07) is 11.0. The van der Waals surface area contributed by atoms with Crippen LogP contribution in [0.25, 0.3) is 21.9 Å². The van der Waals surface area contributed by atoms with Crippen LogP contribution in [-0.4, -0.2) is 12.2 Å². The summed E-state index contributed by atoms with van der Waals surface area (Å²) in [5.74, 6) is -0.145. The molecule has 4 heteroatoms. The van der Waals surface area contributed by atoms with Crippen LogP contribution in [0.3, 0.4) is 0 Å². The summed E-state index contributed by atoms with van der Waals surface area (Å²) in [5.41, 5.74) is 1.78. The van der Waals surface area contributed by atoms with Gasteiger partial charge >= 0.3 is 0 Å². The van der Waals surface area contributed by atoms with Gasteiger partial charge in [0, 0.05) is 16.4 Å². The minimum absolute atomic E-state index is 0.145. The summed E-state index contributed by atoms with van der Waals surface area (Å²) < 4.78 is 5.79. The zero-order valence-corrected chi connectivity index (χ0v) is 12.8. The summed E-state index contributed by atoms with van der Waals surface area (Å²) >= 11 is 0. The second-order valence-corrected chi connectivity index (χ2v) is 6.32. The first-order valence-electron chi connectivity index (χ1n) is 7.12. The molecule has 0 unspecified atom stereocenters. The Hall–Kier alpha value is -2.62.